The fourth-order valence-electron chi connectivity index (χ4n) is 3.62. The Kier molecular flexibility index (Phi) is 5.75. The number of nitrogens with one attached hydrogen (secondary N) is 1. The molecule has 2 aromatic carbocycles. The third kappa shape index (κ3) is 4.45. The topological polar surface area (TPSA) is 94.6 Å². The lowest BCUT2D eigenvalue weighted by Crippen LogP contribution is -2.33. The number of hydrogen-bond acceptors (Lipinski definition) is 6. The van der Waals surface area contributed by atoms with E-state index in [9.17, 15) is 13.6 Å². The van der Waals surface area contributed by atoms with Crippen LogP contribution >= 0.6 is 0 Å². The highest BCUT2D eigenvalue weighted by atomic mass is 32.3. The van der Waals surface area contributed by atoms with Crippen molar-refractivity contribution in [1.29, 1.82) is 0 Å². The number of pyridine rings is 1. The zero-order valence-corrected chi connectivity index (χ0v) is 18.1. The second kappa shape index (κ2) is 8.49. The summed E-state index contributed by atoms with van der Waals surface area (Å²) in [5.41, 5.74) is 3.93. The van der Waals surface area contributed by atoms with Crippen LogP contribution in [0.4, 0.5) is 5.69 Å². The number of ether oxygens (including phenoxy) is 1. The Labute approximate surface area is 182 Å². The van der Waals surface area contributed by atoms with Crippen molar-refractivity contribution in [3.63, 3.8) is 0 Å². The van der Waals surface area contributed by atoms with Gasteiger partial charge in [0.15, 0.2) is 10.6 Å². The van der Waals surface area contributed by atoms with Gasteiger partial charge in [0.1, 0.15) is 12.9 Å². The zero-order valence-electron chi connectivity index (χ0n) is 17.3. The monoisotopic (exact) mass is 437 g/mol. The van der Waals surface area contributed by atoms with Crippen molar-refractivity contribution in [2.75, 3.05) is 31.4 Å². The van der Waals surface area contributed by atoms with E-state index >= 15 is 0 Å². The molecule has 0 aliphatic carbocycles. The van der Waals surface area contributed by atoms with Gasteiger partial charge in [-0.15, -0.1) is 4.21 Å². The molecule has 31 heavy (non-hydrogen) atoms. The van der Waals surface area contributed by atoms with Gasteiger partial charge in [0.2, 0.25) is 0 Å². The number of fused-ring (bicyclic) bond motifs is 1. The van der Waals surface area contributed by atoms with Crippen molar-refractivity contribution in [2.45, 2.75) is 11.4 Å². The van der Waals surface area contributed by atoms with Crippen LogP contribution in [0.25, 0.3) is 11.1 Å². The molecule has 7 nitrogen and oxygen atoms in total. The quantitative estimate of drug-likeness (QED) is 0.617. The lowest BCUT2D eigenvalue weighted by atomic mass is 9.99. The van der Waals surface area contributed by atoms with Crippen LogP contribution in [0.1, 0.15) is 15.9 Å². The third-order valence-electron chi connectivity index (χ3n) is 5.20. The molecule has 8 heteroatoms. The van der Waals surface area contributed by atoms with Gasteiger partial charge in [-0.25, -0.2) is 0 Å². The molecule has 1 unspecified atom stereocenters. The van der Waals surface area contributed by atoms with E-state index < -0.39 is 10.2 Å². The van der Waals surface area contributed by atoms with Crippen LogP contribution in [0.5, 0.6) is 5.75 Å². The van der Waals surface area contributed by atoms with E-state index in [2.05, 4.69) is 15.2 Å². The fraction of sp³-hybridized carbons (Fsp3) is 0.217. The molecule has 160 valence electrons. The van der Waals surface area contributed by atoms with E-state index in [4.69, 9.17) is 4.74 Å². The average Bonchev–Trinajstić information content (AvgIpc) is 2.78. The second-order valence-corrected chi connectivity index (χ2v) is 9.39. The Hall–Kier alpha value is -3.23. The summed E-state index contributed by atoms with van der Waals surface area (Å²) >= 11 is 0. The summed E-state index contributed by atoms with van der Waals surface area (Å²) in [5, 5.41) is 2.68. The lowest BCUT2D eigenvalue weighted by molar-refractivity contribution is 0.0958. The first-order valence-corrected chi connectivity index (χ1v) is 11.7. The Morgan fingerprint density at radius 1 is 1.23 bits per heavy atom. The van der Waals surface area contributed by atoms with Gasteiger partial charge in [-0.1, -0.05) is 6.07 Å². The van der Waals surface area contributed by atoms with E-state index in [0.717, 1.165) is 22.4 Å². The highest BCUT2D eigenvalue weighted by molar-refractivity contribution is 7.97. The van der Waals surface area contributed by atoms with Crippen molar-refractivity contribution in [1.82, 2.24) is 10.3 Å². The van der Waals surface area contributed by atoms with Crippen molar-refractivity contribution in [3.05, 3.63) is 72.1 Å². The maximum absolute atomic E-state index is 12.6. The molecule has 1 amide bonds. The highest BCUT2D eigenvalue weighted by Crippen LogP contribution is 2.40. The number of amides is 1. The molecular weight excluding hydrogens is 414 g/mol. The largest absolute Gasteiger partial charge is 0.610 e. The molecule has 3 aromatic rings. The van der Waals surface area contributed by atoms with E-state index in [-0.39, 0.29) is 10.8 Å². The van der Waals surface area contributed by atoms with Crippen LogP contribution < -0.4 is 15.0 Å². The minimum absolute atomic E-state index is 0.242. The number of carbonyl (C=O) groups is 1. The molecule has 1 aliphatic rings. The lowest BCUT2D eigenvalue weighted by Gasteiger charge is -2.33. The van der Waals surface area contributed by atoms with Gasteiger partial charge in [-0.05, 0) is 59.2 Å². The molecular formula is C23H23N3O4S. The number of anilines is 1. The third-order valence-corrected chi connectivity index (χ3v) is 6.33. The van der Waals surface area contributed by atoms with Crippen molar-refractivity contribution < 1.29 is 18.3 Å². The summed E-state index contributed by atoms with van der Waals surface area (Å²) in [6.07, 6.45) is 4.74. The van der Waals surface area contributed by atoms with Gasteiger partial charge in [0.05, 0.1) is 28.0 Å². The van der Waals surface area contributed by atoms with Gasteiger partial charge in [0, 0.05) is 26.0 Å². The van der Waals surface area contributed by atoms with Crippen LogP contribution in [0.2, 0.25) is 0 Å². The molecule has 0 saturated carbocycles. The summed E-state index contributed by atoms with van der Waals surface area (Å²) in [6.45, 7) is 1.78. The van der Waals surface area contributed by atoms with Crippen LogP contribution in [0, 0.1) is 0 Å². The maximum Gasteiger partial charge on any atom is 0.254 e. The van der Waals surface area contributed by atoms with E-state index in [1.54, 1.807) is 43.6 Å². The van der Waals surface area contributed by atoms with E-state index in [1.165, 1.54) is 6.26 Å². The zero-order chi connectivity index (χ0) is 22.0. The van der Waals surface area contributed by atoms with Gasteiger partial charge >= 0.3 is 0 Å². The number of sulfone groups is 1. The molecule has 0 radical (unpaired) electrons. The Balaban J connectivity index is 1.79. The van der Waals surface area contributed by atoms with Gasteiger partial charge in [-0.3, -0.25) is 9.78 Å². The number of carbonyl (C=O) groups excluding carboxylic acids is 1. The minimum atomic E-state index is -3.28. The first-order valence-electron chi connectivity index (χ1n) is 9.84. The first-order chi connectivity index (χ1) is 14.9. The average molecular weight is 438 g/mol. The Morgan fingerprint density at radius 2 is 2.00 bits per heavy atom. The van der Waals surface area contributed by atoms with Crippen LogP contribution in [0.3, 0.4) is 0 Å². The molecule has 0 fully saturated rings. The smallest absolute Gasteiger partial charge is 0.254 e. The Morgan fingerprint density at radius 3 is 2.65 bits per heavy atom. The van der Waals surface area contributed by atoms with Crippen LogP contribution in [-0.2, 0) is 21.0 Å². The van der Waals surface area contributed by atoms with Gasteiger partial charge in [-0.2, -0.15) is 0 Å². The predicted octanol–water partition coefficient (Wildman–Crippen LogP) is 3.13. The summed E-state index contributed by atoms with van der Waals surface area (Å²) < 4.78 is 29.5. The van der Waals surface area contributed by atoms with E-state index in [1.807, 2.05) is 24.4 Å². The summed E-state index contributed by atoms with van der Waals surface area (Å²) in [4.78, 5) is 19.2. The summed E-state index contributed by atoms with van der Waals surface area (Å²) in [5.74, 6) is 0.306. The van der Waals surface area contributed by atoms with Crippen molar-refractivity contribution >= 4 is 21.8 Å². The van der Waals surface area contributed by atoms with Crippen molar-refractivity contribution in [2.24, 2.45) is 0 Å². The molecule has 0 spiro atoms. The molecule has 0 bridgehead atoms. The van der Waals surface area contributed by atoms with Crippen LogP contribution in [0.15, 0.2) is 65.8 Å². The molecule has 2 heterocycles. The fourth-order valence-corrected chi connectivity index (χ4v) is 4.25. The predicted molar refractivity (Wildman–Crippen MR) is 119 cm³/mol. The molecule has 1 aromatic heterocycles. The number of aromatic nitrogens is 1. The minimum Gasteiger partial charge on any atom is -0.610 e. The molecule has 1 N–H and O–H groups in total. The molecule has 4 rings (SSSR count). The summed E-state index contributed by atoms with van der Waals surface area (Å²) in [6, 6.07) is 14.3. The maximum atomic E-state index is 12.6. The molecule has 0 saturated heterocycles. The first kappa shape index (κ1) is 21.0. The van der Waals surface area contributed by atoms with Crippen LogP contribution in [-0.4, -0.2) is 41.9 Å². The number of benzene rings is 2. The summed E-state index contributed by atoms with van der Waals surface area (Å²) in [7, 11) is -1.70. The molecule has 1 atom stereocenters. The number of hydrogen-bond donors (Lipinski definition) is 1. The standard InChI is InChI=1S/C23H23N3O4S/c1-24-23(27)20-12-18(17-5-7-19(8-6-17)31(2,28)29)13-21-22(20)30-11-10-26(21)15-16-4-3-9-25-14-16/h3-9,12-14H,10-11,15H2,1-2H3,(H-,24,27,28,29). The number of nitrogens with zero attached hydrogens (tertiary/aromatic N) is 2. The number of rotatable bonds is 5. The second-order valence-electron chi connectivity index (χ2n) is 7.38. The molecule has 1 aliphatic heterocycles. The normalized spacial score (nSPS) is 14.9. The van der Waals surface area contributed by atoms with Crippen molar-refractivity contribution in [3.8, 4) is 16.9 Å². The highest BCUT2D eigenvalue weighted by Gasteiger charge is 2.26. The van der Waals surface area contributed by atoms with Gasteiger partial charge < -0.3 is 19.5 Å². The van der Waals surface area contributed by atoms with E-state index in [0.29, 0.717) is 31.0 Å². The SMILES string of the molecule is CNC(=O)c1cc(-c2ccc([S+](C)(=O)[O-])cc2)cc2c1OCCN2Cc1cccnc1. The van der Waals surface area contributed by atoms with Gasteiger partial charge in [0.25, 0.3) is 5.91 Å². The Bertz CT molecular complexity index is 1140.